The van der Waals surface area contributed by atoms with Crippen LogP contribution in [0.15, 0.2) is 40.4 Å². The van der Waals surface area contributed by atoms with Gasteiger partial charge in [0.1, 0.15) is 0 Å². The minimum Gasteiger partial charge on any atom is -0.389 e. The number of thioether (sulfide) groups is 1. The van der Waals surface area contributed by atoms with E-state index in [1.54, 1.807) is 0 Å². The molecule has 2 N–H and O–H groups in total. The van der Waals surface area contributed by atoms with E-state index in [0.29, 0.717) is 11.3 Å². The van der Waals surface area contributed by atoms with E-state index in [2.05, 4.69) is 77.1 Å². The second-order valence-corrected chi connectivity index (χ2v) is 12.3. The largest absolute Gasteiger partial charge is 0.389 e. The van der Waals surface area contributed by atoms with E-state index >= 15 is 0 Å². The summed E-state index contributed by atoms with van der Waals surface area (Å²) in [4.78, 5) is 1.19. The molecule has 2 saturated carbocycles. The van der Waals surface area contributed by atoms with Gasteiger partial charge in [0, 0.05) is 22.9 Å². The summed E-state index contributed by atoms with van der Waals surface area (Å²) < 4.78 is 5.84. The monoisotopic (exact) mass is 561 g/mol. The van der Waals surface area contributed by atoms with E-state index in [-0.39, 0.29) is 5.41 Å². The maximum Gasteiger partial charge on any atom is 0.195 e. The van der Waals surface area contributed by atoms with Crippen molar-refractivity contribution in [2.24, 2.45) is 11.3 Å². The van der Waals surface area contributed by atoms with Gasteiger partial charge in [-0.3, -0.25) is 0 Å². The molecule has 1 unspecified atom stereocenters. The van der Waals surface area contributed by atoms with Crippen molar-refractivity contribution in [1.29, 1.82) is 0 Å². The summed E-state index contributed by atoms with van der Waals surface area (Å²) in [6.45, 7) is 34.7. The number of rotatable bonds is 13. The standard InChI is InChI=1S/C24H37N3OS.C6H14.2C2H6/c1-7-25-18(4)24(5,6)14-13-20-23(29-19-11-9-8-10-12-19)22(28-27-20)17(3)26-21-15-16(21)2;1-4-6(3)5-2;2*1-2/h19,21,25-26H,2-4,7-15H2,1,5-6H3;6H,4-5H2,1-3H3;2*1-2H3. The van der Waals surface area contributed by atoms with E-state index in [4.69, 9.17) is 4.52 Å². The predicted molar refractivity (Wildman–Crippen MR) is 176 cm³/mol. The minimum absolute atomic E-state index is 0.00289. The summed E-state index contributed by atoms with van der Waals surface area (Å²) in [6.07, 6.45) is 12.1. The Labute approximate surface area is 247 Å². The van der Waals surface area contributed by atoms with Crippen molar-refractivity contribution in [3.05, 3.63) is 42.5 Å². The van der Waals surface area contributed by atoms with Crippen LogP contribution < -0.4 is 10.6 Å². The first-order valence-electron chi connectivity index (χ1n) is 15.8. The van der Waals surface area contributed by atoms with Gasteiger partial charge in [0.2, 0.25) is 0 Å². The number of hydrogen-bond acceptors (Lipinski definition) is 5. The van der Waals surface area contributed by atoms with Gasteiger partial charge in [-0.1, -0.05) is 125 Å². The topological polar surface area (TPSA) is 50.1 Å². The number of hydrogen-bond donors (Lipinski definition) is 2. The molecule has 0 aliphatic heterocycles. The molecule has 39 heavy (non-hydrogen) atoms. The van der Waals surface area contributed by atoms with Crippen LogP contribution in [0.5, 0.6) is 0 Å². The molecule has 0 spiro atoms. The maximum absolute atomic E-state index is 5.84. The van der Waals surface area contributed by atoms with Crippen LogP contribution in [0.25, 0.3) is 5.70 Å². The van der Waals surface area contributed by atoms with E-state index in [1.165, 1.54) is 55.4 Å². The Morgan fingerprint density at radius 1 is 1.05 bits per heavy atom. The summed E-state index contributed by atoms with van der Waals surface area (Å²) in [5, 5.41) is 12.0. The van der Waals surface area contributed by atoms with Gasteiger partial charge in [-0.2, -0.15) is 0 Å². The Bertz CT molecular complexity index is 831. The van der Waals surface area contributed by atoms with Crippen LogP contribution in [0.3, 0.4) is 0 Å². The maximum atomic E-state index is 5.84. The van der Waals surface area contributed by atoms with E-state index in [0.717, 1.165) is 54.6 Å². The van der Waals surface area contributed by atoms with Gasteiger partial charge in [0.05, 0.1) is 22.3 Å². The highest BCUT2D eigenvalue weighted by molar-refractivity contribution is 8.00. The van der Waals surface area contributed by atoms with Crippen LogP contribution in [0.2, 0.25) is 0 Å². The number of aryl methyl sites for hydroxylation is 1. The third-order valence-corrected chi connectivity index (χ3v) is 9.02. The molecule has 1 aromatic heterocycles. The molecule has 2 fully saturated rings. The number of aromatic nitrogens is 1. The van der Waals surface area contributed by atoms with Crippen molar-refractivity contribution in [1.82, 2.24) is 15.8 Å². The number of allylic oxidation sites excluding steroid dienone is 1. The summed E-state index contributed by atoms with van der Waals surface area (Å²) >= 11 is 1.95. The molecule has 226 valence electrons. The molecule has 1 heterocycles. The molecule has 5 heteroatoms. The normalized spacial score (nSPS) is 16.6. The molecule has 0 radical (unpaired) electrons. The van der Waals surface area contributed by atoms with Crippen LogP contribution in [0, 0.1) is 11.3 Å². The Morgan fingerprint density at radius 2 is 1.62 bits per heavy atom. The molecule has 2 aliphatic rings. The van der Waals surface area contributed by atoms with Crippen molar-refractivity contribution in [3.8, 4) is 0 Å². The second kappa shape index (κ2) is 20.3. The van der Waals surface area contributed by atoms with Crippen molar-refractivity contribution in [2.75, 3.05) is 6.54 Å². The minimum atomic E-state index is 0.00289. The van der Waals surface area contributed by atoms with E-state index in [9.17, 15) is 0 Å². The van der Waals surface area contributed by atoms with Gasteiger partial charge in [-0.15, -0.1) is 11.8 Å². The molecule has 0 amide bonds. The van der Waals surface area contributed by atoms with Crippen LogP contribution >= 0.6 is 11.8 Å². The highest BCUT2D eigenvalue weighted by Crippen LogP contribution is 2.41. The van der Waals surface area contributed by atoms with Crippen LogP contribution in [-0.2, 0) is 6.42 Å². The lowest BCUT2D eigenvalue weighted by Crippen LogP contribution is -2.26. The quantitative estimate of drug-likeness (QED) is 0.235. The Balaban J connectivity index is 0.00000126. The first kappa shape index (κ1) is 37.4. The summed E-state index contributed by atoms with van der Waals surface area (Å²) in [6, 6.07) is 0.339. The molecule has 0 bridgehead atoms. The summed E-state index contributed by atoms with van der Waals surface area (Å²) in [5.74, 6) is 1.75. The zero-order valence-corrected chi connectivity index (χ0v) is 28.2. The van der Waals surface area contributed by atoms with Gasteiger partial charge >= 0.3 is 0 Å². The predicted octanol–water partition coefficient (Wildman–Crippen LogP) is 10.6. The summed E-state index contributed by atoms with van der Waals surface area (Å²) in [5.41, 5.74) is 4.22. The van der Waals surface area contributed by atoms with Crippen molar-refractivity contribution in [2.45, 2.75) is 150 Å². The highest BCUT2D eigenvalue weighted by atomic mass is 32.2. The van der Waals surface area contributed by atoms with Gasteiger partial charge in [-0.05, 0) is 44.9 Å². The molecule has 0 saturated heterocycles. The first-order valence-corrected chi connectivity index (χ1v) is 16.7. The first-order chi connectivity index (χ1) is 18.6. The van der Waals surface area contributed by atoms with E-state index in [1.807, 2.05) is 39.5 Å². The fourth-order valence-electron chi connectivity index (χ4n) is 4.09. The molecule has 1 aromatic rings. The Kier molecular flexibility index (Phi) is 19.4. The van der Waals surface area contributed by atoms with Gasteiger partial charge in [0.15, 0.2) is 5.76 Å². The lowest BCUT2D eigenvalue weighted by molar-refractivity contribution is 0.367. The molecular formula is C34H63N3OS. The van der Waals surface area contributed by atoms with Gasteiger partial charge in [0.25, 0.3) is 0 Å². The molecule has 2 aliphatic carbocycles. The van der Waals surface area contributed by atoms with Crippen LogP contribution in [0.1, 0.15) is 138 Å². The zero-order valence-electron chi connectivity index (χ0n) is 27.4. The lowest BCUT2D eigenvalue weighted by Gasteiger charge is -2.28. The van der Waals surface area contributed by atoms with Crippen LogP contribution in [-0.4, -0.2) is 23.0 Å². The fourth-order valence-corrected chi connectivity index (χ4v) is 5.54. The smallest absolute Gasteiger partial charge is 0.195 e. The SMILES string of the molecule is C=C(NC1CC1=C)c1onc(CCC(C)(C)C(=C)NCC)c1SC1CCCCC1.CC.CC.CCC(C)CC. The zero-order chi connectivity index (χ0) is 30.0. The van der Waals surface area contributed by atoms with Crippen molar-refractivity contribution < 1.29 is 4.52 Å². The Hall–Kier alpha value is -1.62. The molecule has 0 aromatic carbocycles. The average molecular weight is 562 g/mol. The number of nitrogens with one attached hydrogen (secondary N) is 2. The third kappa shape index (κ3) is 13.5. The molecule has 1 atom stereocenters. The average Bonchev–Trinajstić information content (AvgIpc) is 3.50. The molecule has 4 nitrogen and oxygen atoms in total. The fraction of sp³-hybridized carbons (Fsp3) is 0.735. The van der Waals surface area contributed by atoms with Gasteiger partial charge in [-0.25, -0.2) is 0 Å². The molecular weight excluding hydrogens is 498 g/mol. The lowest BCUT2D eigenvalue weighted by atomic mass is 9.84. The summed E-state index contributed by atoms with van der Waals surface area (Å²) in [7, 11) is 0. The second-order valence-electron chi connectivity index (χ2n) is 11.0. The van der Waals surface area contributed by atoms with E-state index < -0.39 is 0 Å². The molecule has 3 rings (SSSR count). The van der Waals surface area contributed by atoms with Gasteiger partial charge < -0.3 is 15.2 Å². The third-order valence-electron chi connectivity index (χ3n) is 7.56. The highest BCUT2D eigenvalue weighted by Gasteiger charge is 2.31. The Morgan fingerprint density at radius 3 is 2.08 bits per heavy atom. The number of nitrogens with zero attached hydrogens (tertiary/aromatic N) is 1. The van der Waals surface area contributed by atoms with Crippen LogP contribution in [0.4, 0.5) is 0 Å². The van der Waals surface area contributed by atoms with Crippen molar-refractivity contribution in [3.63, 3.8) is 0 Å². The van der Waals surface area contributed by atoms with Crippen molar-refractivity contribution >= 4 is 17.5 Å².